The first kappa shape index (κ1) is 25.9. The Morgan fingerprint density at radius 2 is 1.85 bits per heavy atom. The van der Waals surface area contributed by atoms with Gasteiger partial charge in [-0.3, -0.25) is 4.79 Å². The molecule has 0 saturated heterocycles. The Morgan fingerprint density at radius 1 is 1.21 bits per heavy atom. The quantitative estimate of drug-likeness (QED) is 0.362. The number of benzene rings is 1. The van der Waals surface area contributed by atoms with Crippen LogP contribution < -0.4 is 5.32 Å². The number of aryl methyl sites for hydroxylation is 1. The highest BCUT2D eigenvalue weighted by atomic mass is 16.5. The minimum absolute atomic E-state index is 0.00699. The monoisotopic (exact) mass is 451 g/mol. The van der Waals surface area contributed by atoms with Gasteiger partial charge in [-0.05, 0) is 61.6 Å². The summed E-state index contributed by atoms with van der Waals surface area (Å²) in [6.07, 6.45) is 0.426. The standard InChI is InChI=1S/C26H33N3O4/c1-17-14-20(18(2)29(17)12-13-32-7)15-21(16-27)25(31)33-19(3)24(30)28-23-10-8-22(9-11-23)26(4,5)6/h8-11,14-15,19H,12-13H2,1-7H3,(H,28,30)/b21-15+. The maximum Gasteiger partial charge on any atom is 0.349 e. The molecule has 0 fully saturated rings. The molecule has 7 nitrogen and oxygen atoms in total. The van der Waals surface area contributed by atoms with Gasteiger partial charge in [-0.2, -0.15) is 5.26 Å². The van der Waals surface area contributed by atoms with Crippen molar-refractivity contribution < 1.29 is 19.1 Å². The molecule has 0 bridgehead atoms. The number of ether oxygens (including phenoxy) is 2. The second-order valence-corrected chi connectivity index (χ2v) is 9.00. The molecule has 0 saturated carbocycles. The molecule has 1 aromatic carbocycles. The van der Waals surface area contributed by atoms with E-state index in [1.807, 2.05) is 50.2 Å². The van der Waals surface area contributed by atoms with Crippen LogP contribution in [0.4, 0.5) is 5.69 Å². The summed E-state index contributed by atoms with van der Waals surface area (Å²) in [6.45, 7) is 12.9. The van der Waals surface area contributed by atoms with Crippen molar-refractivity contribution in [2.75, 3.05) is 19.0 Å². The van der Waals surface area contributed by atoms with Gasteiger partial charge in [0.25, 0.3) is 5.91 Å². The lowest BCUT2D eigenvalue weighted by molar-refractivity contribution is -0.148. The zero-order valence-corrected chi connectivity index (χ0v) is 20.5. The van der Waals surface area contributed by atoms with Gasteiger partial charge < -0.3 is 19.4 Å². The van der Waals surface area contributed by atoms with E-state index in [1.165, 1.54) is 13.0 Å². The molecule has 1 unspecified atom stereocenters. The molecule has 7 heteroatoms. The summed E-state index contributed by atoms with van der Waals surface area (Å²) in [5.74, 6) is -1.31. The number of methoxy groups -OCH3 is 1. The second-order valence-electron chi connectivity index (χ2n) is 9.00. The molecule has 1 heterocycles. The normalized spacial score (nSPS) is 12.7. The summed E-state index contributed by atoms with van der Waals surface area (Å²) in [4.78, 5) is 25.1. The number of carbonyl (C=O) groups excluding carboxylic acids is 2. The van der Waals surface area contributed by atoms with Gasteiger partial charge in [-0.25, -0.2) is 4.79 Å². The Labute approximate surface area is 196 Å². The van der Waals surface area contributed by atoms with Crippen molar-refractivity contribution in [3.05, 3.63) is 58.4 Å². The summed E-state index contributed by atoms with van der Waals surface area (Å²) in [5, 5.41) is 12.2. The van der Waals surface area contributed by atoms with E-state index in [9.17, 15) is 14.9 Å². The molecule has 2 aromatic rings. The zero-order valence-electron chi connectivity index (χ0n) is 20.5. The number of nitrogens with zero attached hydrogens (tertiary/aromatic N) is 2. The number of hydrogen-bond acceptors (Lipinski definition) is 5. The second kappa shape index (κ2) is 11.0. The Morgan fingerprint density at radius 3 is 2.39 bits per heavy atom. The molecule has 33 heavy (non-hydrogen) atoms. The highest BCUT2D eigenvalue weighted by Gasteiger charge is 2.22. The van der Waals surface area contributed by atoms with Gasteiger partial charge in [0.2, 0.25) is 0 Å². The molecule has 0 radical (unpaired) electrons. The van der Waals surface area contributed by atoms with E-state index in [0.29, 0.717) is 18.8 Å². The third-order valence-electron chi connectivity index (χ3n) is 5.44. The number of rotatable bonds is 8. The Hall–Kier alpha value is -3.37. The van der Waals surface area contributed by atoms with Crippen molar-refractivity contribution in [2.45, 2.75) is 59.6 Å². The smallest absolute Gasteiger partial charge is 0.349 e. The van der Waals surface area contributed by atoms with Crippen LogP contribution in [0.25, 0.3) is 6.08 Å². The van der Waals surface area contributed by atoms with E-state index in [1.54, 1.807) is 7.11 Å². The van der Waals surface area contributed by atoms with Crippen LogP contribution in [0, 0.1) is 25.2 Å². The first-order chi connectivity index (χ1) is 15.5. The molecular formula is C26H33N3O4. The molecule has 176 valence electrons. The summed E-state index contributed by atoms with van der Waals surface area (Å²) in [6, 6.07) is 11.3. The summed E-state index contributed by atoms with van der Waals surface area (Å²) < 4.78 is 12.4. The Kier molecular flexibility index (Phi) is 8.61. The SMILES string of the molecule is COCCn1c(C)cc(/C=C(\C#N)C(=O)OC(C)C(=O)Nc2ccc(C(C)(C)C)cc2)c1C. The van der Waals surface area contributed by atoms with Crippen molar-refractivity contribution in [2.24, 2.45) is 0 Å². The van der Waals surface area contributed by atoms with Crippen molar-refractivity contribution in [3.63, 3.8) is 0 Å². The number of nitrogens with one attached hydrogen (secondary N) is 1. The molecule has 0 spiro atoms. The third-order valence-corrected chi connectivity index (χ3v) is 5.44. The molecular weight excluding hydrogens is 418 g/mol. The average molecular weight is 452 g/mol. The minimum atomic E-state index is -1.06. The van der Waals surface area contributed by atoms with E-state index >= 15 is 0 Å². The van der Waals surface area contributed by atoms with E-state index in [2.05, 4.69) is 30.7 Å². The van der Waals surface area contributed by atoms with Crippen molar-refractivity contribution in [3.8, 4) is 6.07 Å². The van der Waals surface area contributed by atoms with Crippen molar-refractivity contribution in [1.29, 1.82) is 5.26 Å². The van der Waals surface area contributed by atoms with Gasteiger partial charge in [-0.15, -0.1) is 0 Å². The number of carbonyl (C=O) groups is 2. The largest absolute Gasteiger partial charge is 0.448 e. The van der Waals surface area contributed by atoms with Gasteiger partial charge >= 0.3 is 5.97 Å². The van der Waals surface area contributed by atoms with Crippen molar-refractivity contribution in [1.82, 2.24) is 4.57 Å². The minimum Gasteiger partial charge on any atom is -0.448 e. The molecule has 0 aliphatic rings. The Bertz CT molecular complexity index is 1070. The average Bonchev–Trinajstić information content (AvgIpc) is 3.02. The highest BCUT2D eigenvalue weighted by Crippen LogP contribution is 2.24. The Balaban J connectivity index is 2.08. The lowest BCUT2D eigenvalue weighted by Gasteiger charge is -2.19. The summed E-state index contributed by atoms with van der Waals surface area (Å²) >= 11 is 0. The van der Waals surface area contributed by atoms with E-state index < -0.39 is 18.0 Å². The molecule has 1 aromatic heterocycles. The number of nitriles is 1. The van der Waals surface area contributed by atoms with Gasteiger partial charge in [0.05, 0.1) is 6.61 Å². The topological polar surface area (TPSA) is 93.3 Å². The third kappa shape index (κ3) is 6.80. The van der Waals surface area contributed by atoms with Crippen LogP contribution in [-0.4, -0.2) is 36.3 Å². The van der Waals surface area contributed by atoms with Crippen molar-refractivity contribution >= 4 is 23.6 Å². The van der Waals surface area contributed by atoms with E-state index in [0.717, 1.165) is 22.5 Å². The predicted octanol–water partition coefficient (Wildman–Crippen LogP) is 4.53. The molecule has 0 aliphatic carbocycles. The van der Waals surface area contributed by atoms with E-state index in [-0.39, 0.29) is 11.0 Å². The van der Waals surface area contributed by atoms with Gasteiger partial charge in [0, 0.05) is 30.7 Å². The number of esters is 1. The molecule has 1 atom stereocenters. The molecule has 0 aliphatic heterocycles. The lowest BCUT2D eigenvalue weighted by Crippen LogP contribution is -2.30. The van der Waals surface area contributed by atoms with Gasteiger partial charge in [0.15, 0.2) is 6.10 Å². The molecule has 1 N–H and O–H groups in total. The van der Waals surface area contributed by atoms with Crippen LogP contribution in [0.5, 0.6) is 0 Å². The number of hydrogen-bond donors (Lipinski definition) is 1. The predicted molar refractivity (Wildman–Crippen MR) is 129 cm³/mol. The molecule has 2 rings (SSSR count). The summed E-state index contributed by atoms with van der Waals surface area (Å²) in [5.41, 5.74) is 4.24. The number of anilines is 1. The number of aromatic nitrogens is 1. The van der Waals surface area contributed by atoms with Gasteiger partial charge in [-0.1, -0.05) is 32.9 Å². The fourth-order valence-electron chi connectivity index (χ4n) is 3.37. The van der Waals surface area contributed by atoms with Gasteiger partial charge in [0.1, 0.15) is 11.6 Å². The highest BCUT2D eigenvalue weighted by molar-refractivity contribution is 6.01. The van der Waals surface area contributed by atoms with Crippen LogP contribution >= 0.6 is 0 Å². The maximum atomic E-state index is 12.6. The fourth-order valence-corrected chi connectivity index (χ4v) is 3.37. The fraction of sp³-hybridized carbons (Fsp3) is 0.423. The van der Waals surface area contributed by atoms with Crippen LogP contribution in [-0.2, 0) is 31.0 Å². The van der Waals surface area contributed by atoms with Crippen LogP contribution in [0.1, 0.15) is 50.2 Å². The van der Waals surface area contributed by atoms with Crippen LogP contribution in [0.15, 0.2) is 35.9 Å². The first-order valence-corrected chi connectivity index (χ1v) is 10.9. The molecule has 1 amide bonds. The maximum absolute atomic E-state index is 12.6. The lowest BCUT2D eigenvalue weighted by atomic mass is 9.87. The zero-order chi connectivity index (χ0) is 24.8. The summed E-state index contributed by atoms with van der Waals surface area (Å²) in [7, 11) is 1.64. The number of amides is 1. The van der Waals surface area contributed by atoms with E-state index in [4.69, 9.17) is 9.47 Å². The van der Waals surface area contributed by atoms with Crippen LogP contribution in [0.2, 0.25) is 0 Å². The van der Waals surface area contributed by atoms with Crippen LogP contribution in [0.3, 0.4) is 0 Å². The first-order valence-electron chi connectivity index (χ1n) is 10.9.